The number of aromatic nitrogens is 2. The molecule has 1 fully saturated rings. The van der Waals surface area contributed by atoms with Crippen molar-refractivity contribution in [1.29, 1.82) is 0 Å². The van der Waals surface area contributed by atoms with Gasteiger partial charge in [-0.05, 0) is 18.8 Å². The van der Waals surface area contributed by atoms with E-state index in [4.69, 9.17) is 4.74 Å². The lowest BCUT2D eigenvalue weighted by molar-refractivity contribution is 0.276. The van der Waals surface area contributed by atoms with Crippen LogP contribution in [0.1, 0.15) is 44.7 Å². The fourth-order valence-electron chi connectivity index (χ4n) is 3.23. The predicted octanol–water partition coefficient (Wildman–Crippen LogP) is 3.46. The van der Waals surface area contributed by atoms with Gasteiger partial charge < -0.3 is 10.1 Å². The number of hydrogen-bond donors (Lipinski definition) is 1. The lowest BCUT2D eigenvalue weighted by atomic mass is 9.84. The zero-order valence-electron chi connectivity index (χ0n) is 12.3. The second kappa shape index (κ2) is 6.14. The summed E-state index contributed by atoms with van der Waals surface area (Å²) >= 11 is 1.65. The van der Waals surface area contributed by atoms with Gasteiger partial charge in [-0.3, -0.25) is 4.40 Å². The van der Waals surface area contributed by atoms with Crippen molar-refractivity contribution in [1.82, 2.24) is 14.7 Å². The highest BCUT2D eigenvalue weighted by Crippen LogP contribution is 2.28. The molecule has 3 rings (SSSR count). The number of methoxy groups -OCH3 is 1. The number of thiazole rings is 1. The minimum atomic E-state index is 0.641. The van der Waals surface area contributed by atoms with E-state index in [0.29, 0.717) is 6.04 Å². The molecule has 1 saturated carbocycles. The molecule has 1 aliphatic carbocycles. The Morgan fingerprint density at radius 1 is 1.50 bits per heavy atom. The molecule has 0 radical (unpaired) electrons. The molecule has 2 heterocycles. The second-order valence-electron chi connectivity index (χ2n) is 5.64. The van der Waals surface area contributed by atoms with Gasteiger partial charge in [0.15, 0.2) is 4.96 Å². The van der Waals surface area contributed by atoms with E-state index >= 15 is 0 Å². The number of rotatable bonds is 5. The topological polar surface area (TPSA) is 38.6 Å². The molecule has 0 spiro atoms. The predicted molar refractivity (Wildman–Crippen MR) is 82.5 cm³/mol. The smallest absolute Gasteiger partial charge is 0.237 e. The van der Waals surface area contributed by atoms with E-state index in [1.165, 1.54) is 32.1 Å². The highest BCUT2D eigenvalue weighted by Gasteiger charge is 2.21. The molecule has 1 aliphatic rings. The first-order valence-corrected chi connectivity index (χ1v) is 8.41. The van der Waals surface area contributed by atoms with E-state index in [2.05, 4.69) is 33.2 Å². The Morgan fingerprint density at radius 2 is 2.40 bits per heavy atom. The minimum Gasteiger partial charge on any atom is -0.480 e. The van der Waals surface area contributed by atoms with Crippen molar-refractivity contribution in [2.24, 2.45) is 5.92 Å². The van der Waals surface area contributed by atoms with E-state index in [0.717, 1.165) is 29.0 Å². The average Bonchev–Trinajstić information content (AvgIpc) is 3.06. The van der Waals surface area contributed by atoms with E-state index in [1.54, 1.807) is 18.4 Å². The van der Waals surface area contributed by atoms with E-state index < -0.39 is 0 Å². The van der Waals surface area contributed by atoms with Crippen molar-refractivity contribution >= 4 is 16.3 Å². The van der Waals surface area contributed by atoms with Gasteiger partial charge in [-0.2, -0.15) is 4.98 Å². The van der Waals surface area contributed by atoms with Gasteiger partial charge in [-0.15, -0.1) is 11.3 Å². The number of fused-ring (bicyclic) bond motifs is 1. The first-order valence-electron chi connectivity index (χ1n) is 7.53. The Bertz CT molecular complexity index is 562. The van der Waals surface area contributed by atoms with Crippen LogP contribution in [0.25, 0.3) is 4.96 Å². The molecule has 2 atom stereocenters. The van der Waals surface area contributed by atoms with Crippen LogP contribution in [-0.2, 0) is 6.54 Å². The first kappa shape index (κ1) is 13.9. The molecule has 2 unspecified atom stereocenters. The third-order valence-electron chi connectivity index (χ3n) is 4.44. The highest BCUT2D eigenvalue weighted by molar-refractivity contribution is 7.15. The zero-order valence-corrected chi connectivity index (χ0v) is 13.1. The van der Waals surface area contributed by atoms with Crippen LogP contribution in [0.2, 0.25) is 0 Å². The SMILES string of the molecule is CCC1CCCC(NCc2c(OC)nc3sccn23)C1. The van der Waals surface area contributed by atoms with Crippen LogP contribution < -0.4 is 10.1 Å². The van der Waals surface area contributed by atoms with Crippen LogP contribution in [-0.4, -0.2) is 22.5 Å². The molecule has 0 amide bonds. The van der Waals surface area contributed by atoms with Crippen molar-refractivity contribution in [3.63, 3.8) is 0 Å². The molecule has 1 N–H and O–H groups in total. The maximum Gasteiger partial charge on any atom is 0.237 e. The van der Waals surface area contributed by atoms with E-state index in [-0.39, 0.29) is 0 Å². The largest absolute Gasteiger partial charge is 0.480 e. The van der Waals surface area contributed by atoms with Crippen molar-refractivity contribution in [3.05, 3.63) is 17.3 Å². The summed E-state index contributed by atoms with van der Waals surface area (Å²) in [5, 5.41) is 5.78. The molecule has 0 aromatic carbocycles. The summed E-state index contributed by atoms with van der Waals surface area (Å²) in [5.41, 5.74) is 1.14. The molecule has 0 bridgehead atoms. The molecule has 5 heteroatoms. The summed E-state index contributed by atoms with van der Waals surface area (Å²) in [6.45, 7) is 3.14. The standard InChI is InChI=1S/C15H23N3OS/c1-3-11-5-4-6-12(9-11)16-10-13-14(19-2)17-15-18(13)7-8-20-15/h7-8,11-12,16H,3-6,9-10H2,1-2H3. The van der Waals surface area contributed by atoms with Crippen LogP contribution in [0.3, 0.4) is 0 Å². The van der Waals surface area contributed by atoms with Gasteiger partial charge in [-0.1, -0.05) is 26.2 Å². The second-order valence-corrected chi connectivity index (χ2v) is 6.52. The number of nitrogens with one attached hydrogen (secondary N) is 1. The van der Waals surface area contributed by atoms with Crippen molar-refractivity contribution in [2.75, 3.05) is 7.11 Å². The molecule has 2 aromatic rings. The van der Waals surface area contributed by atoms with Gasteiger partial charge in [-0.25, -0.2) is 0 Å². The van der Waals surface area contributed by atoms with Crippen molar-refractivity contribution in [3.8, 4) is 5.88 Å². The highest BCUT2D eigenvalue weighted by atomic mass is 32.1. The van der Waals surface area contributed by atoms with Crippen LogP contribution in [0.4, 0.5) is 0 Å². The van der Waals surface area contributed by atoms with Gasteiger partial charge in [0.05, 0.1) is 7.11 Å². The summed E-state index contributed by atoms with van der Waals surface area (Å²) in [5.74, 6) is 1.65. The molecule has 20 heavy (non-hydrogen) atoms. The Kier molecular flexibility index (Phi) is 4.27. The van der Waals surface area contributed by atoms with Gasteiger partial charge >= 0.3 is 0 Å². The molecular weight excluding hydrogens is 270 g/mol. The molecule has 0 saturated heterocycles. The maximum absolute atomic E-state index is 5.41. The van der Waals surface area contributed by atoms with Crippen LogP contribution >= 0.6 is 11.3 Å². The maximum atomic E-state index is 5.41. The summed E-state index contributed by atoms with van der Waals surface area (Å²) in [7, 11) is 1.70. The quantitative estimate of drug-likeness (QED) is 0.917. The normalized spacial score (nSPS) is 23.3. The van der Waals surface area contributed by atoms with Crippen molar-refractivity contribution in [2.45, 2.75) is 51.6 Å². The van der Waals surface area contributed by atoms with Gasteiger partial charge in [0.1, 0.15) is 5.69 Å². The summed E-state index contributed by atoms with van der Waals surface area (Å²) in [4.78, 5) is 5.51. The molecule has 4 nitrogen and oxygen atoms in total. The monoisotopic (exact) mass is 293 g/mol. The first-order chi connectivity index (χ1) is 9.81. The summed E-state index contributed by atoms with van der Waals surface area (Å²) in [6, 6.07) is 0.641. The third kappa shape index (κ3) is 2.69. The summed E-state index contributed by atoms with van der Waals surface area (Å²) in [6.07, 6.45) is 8.74. The van der Waals surface area contributed by atoms with Gasteiger partial charge in [0.2, 0.25) is 5.88 Å². The third-order valence-corrected chi connectivity index (χ3v) is 5.19. The average molecular weight is 293 g/mol. The molecule has 0 aliphatic heterocycles. The Labute approximate surface area is 124 Å². The Hall–Kier alpha value is -1.07. The fraction of sp³-hybridized carbons (Fsp3) is 0.667. The van der Waals surface area contributed by atoms with Crippen LogP contribution in [0.5, 0.6) is 5.88 Å². The Morgan fingerprint density at radius 3 is 3.20 bits per heavy atom. The van der Waals surface area contributed by atoms with Crippen LogP contribution in [0, 0.1) is 5.92 Å². The van der Waals surface area contributed by atoms with Gasteiger partial charge in [0, 0.05) is 24.2 Å². The van der Waals surface area contributed by atoms with Gasteiger partial charge in [0.25, 0.3) is 0 Å². The van der Waals surface area contributed by atoms with Crippen LogP contribution in [0.15, 0.2) is 11.6 Å². The van der Waals surface area contributed by atoms with Crippen molar-refractivity contribution < 1.29 is 4.74 Å². The fourth-order valence-corrected chi connectivity index (χ4v) is 3.95. The summed E-state index contributed by atoms with van der Waals surface area (Å²) < 4.78 is 7.54. The Balaban J connectivity index is 1.68. The van der Waals surface area contributed by atoms with E-state index in [9.17, 15) is 0 Å². The number of hydrogen-bond acceptors (Lipinski definition) is 4. The number of imidazole rings is 1. The number of ether oxygens (including phenoxy) is 1. The molecular formula is C15H23N3OS. The lowest BCUT2D eigenvalue weighted by Gasteiger charge is -2.29. The molecule has 110 valence electrons. The van der Waals surface area contributed by atoms with E-state index in [1.807, 2.05) is 0 Å². The number of nitrogens with zero attached hydrogens (tertiary/aromatic N) is 2. The zero-order chi connectivity index (χ0) is 13.9. The minimum absolute atomic E-state index is 0.641. The molecule has 2 aromatic heterocycles. The lowest BCUT2D eigenvalue weighted by Crippen LogP contribution is -2.34.